The maximum absolute atomic E-state index is 11.2. The Kier molecular flexibility index (Phi) is 6.06. The number of unbranched alkanes of at least 4 members (excludes halogenated alkanes) is 1. The van der Waals surface area contributed by atoms with E-state index >= 15 is 0 Å². The first-order chi connectivity index (χ1) is 14.2. The van der Waals surface area contributed by atoms with Crippen molar-refractivity contribution in [1.82, 2.24) is 14.5 Å². The second kappa shape index (κ2) is 9.05. The van der Waals surface area contributed by atoms with Gasteiger partial charge in [-0.1, -0.05) is 36.4 Å². The molecule has 0 saturated carbocycles. The van der Waals surface area contributed by atoms with E-state index in [2.05, 4.69) is 56.2 Å². The Labute approximate surface area is 172 Å². The molecule has 1 amide bonds. The van der Waals surface area contributed by atoms with Crippen LogP contribution in [0.15, 0.2) is 60.9 Å². The summed E-state index contributed by atoms with van der Waals surface area (Å²) in [7, 11) is 0. The highest BCUT2D eigenvalue weighted by Crippen LogP contribution is 2.22. The summed E-state index contributed by atoms with van der Waals surface area (Å²) >= 11 is 0. The van der Waals surface area contributed by atoms with Crippen LogP contribution in [0.5, 0.6) is 0 Å². The van der Waals surface area contributed by atoms with Gasteiger partial charge in [-0.25, -0.2) is 4.98 Å². The number of hydrogen-bond acceptors (Lipinski definition) is 3. The fourth-order valence-corrected chi connectivity index (χ4v) is 3.97. The molecule has 0 saturated heterocycles. The molecule has 1 aliphatic heterocycles. The van der Waals surface area contributed by atoms with Crippen LogP contribution in [0, 0.1) is 0 Å². The molecule has 1 N–H and O–H groups in total. The Morgan fingerprint density at radius 1 is 1.10 bits per heavy atom. The van der Waals surface area contributed by atoms with Crippen molar-refractivity contribution in [3.05, 3.63) is 66.5 Å². The summed E-state index contributed by atoms with van der Waals surface area (Å²) in [4.78, 5) is 18.2. The maximum atomic E-state index is 11.2. The average Bonchev–Trinajstić information content (AvgIpc) is 3.14. The highest BCUT2D eigenvalue weighted by Gasteiger charge is 2.12. The van der Waals surface area contributed by atoms with Crippen molar-refractivity contribution < 1.29 is 4.79 Å². The van der Waals surface area contributed by atoms with Crippen molar-refractivity contribution >= 4 is 28.2 Å². The predicted molar refractivity (Wildman–Crippen MR) is 119 cm³/mol. The van der Waals surface area contributed by atoms with Crippen molar-refractivity contribution in [3.8, 4) is 0 Å². The van der Waals surface area contributed by atoms with Gasteiger partial charge in [0.25, 0.3) is 0 Å². The molecule has 4 rings (SSSR count). The van der Waals surface area contributed by atoms with E-state index in [0.717, 1.165) is 55.7 Å². The molecule has 2 aromatic carbocycles. The molecule has 29 heavy (non-hydrogen) atoms. The van der Waals surface area contributed by atoms with Gasteiger partial charge >= 0.3 is 0 Å². The third-order valence-electron chi connectivity index (χ3n) is 5.50. The van der Waals surface area contributed by atoms with E-state index in [1.165, 1.54) is 24.5 Å². The van der Waals surface area contributed by atoms with Crippen LogP contribution in [0.3, 0.4) is 0 Å². The van der Waals surface area contributed by atoms with E-state index in [-0.39, 0.29) is 5.91 Å². The molecular formula is C24H28N4O. The Balaban J connectivity index is 1.25. The van der Waals surface area contributed by atoms with Crippen LogP contribution >= 0.6 is 0 Å². The third-order valence-corrected chi connectivity index (χ3v) is 5.50. The molecule has 0 aliphatic carbocycles. The Morgan fingerprint density at radius 2 is 1.93 bits per heavy atom. The van der Waals surface area contributed by atoms with E-state index in [1.54, 1.807) is 0 Å². The lowest BCUT2D eigenvalue weighted by molar-refractivity contribution is -0.114. The highest BCUT2D eigenvalue weighted by atomic mass is 16.1. The number of carbonyl (C=O) groups excluding carboxylic acids is 1. The monoisotopic (exact) mass is 388 g/mol. The van der Waals surface area contributed by atoms with Crippen LogP contribution in [0.4, 0.5) is 5.69 Å². The lowest BCUT2D eigenvalue weighted by Crippen LogP contribution is -2.29. The predicted octanol–water partition coefficient (Wildman–Crippen LogP) is 4.56. The molecule has 3 aromatic rings. The van der Waals surface area contributed by atoms with E-state index in [1.807, 2.05) is 24.5 Å². The van der Waals surface area contributed by atoms with Gasteiger partial charge in [0.15, 0.2) is 0 Å². The van der Waals surface area contributed by atoms with E-state index < -0.39 is 0 Å². The summed E-state index contributed by atoms with van der Waals surface area (Å²) in [5.41, 5.74) is 5.67. The van der Waals surface area contributed by atoms with Gasteiger partial charge in [0.2, 0.25) is 5.91 Å². The summed E-state index contributed by atoms with van der Waals surface area (Å²) in [6, 6.07) is 16.6. The summed E-state index contributed by atoms with van der Waals surface area (Å²) < 4.78 is 2.20. The number of fused-ring (bicyclic) bond motifs is 1. The minimum atomic E-state index is -0.0628. The lowest BCUT2D eigenvalue weighted by atomic mass is 9.99. The van der Waals surface area contributed by atoms with E-state index in [9.17, 15) is 4.79 Å². The van der Waals surface area contributed by atoms with E-state index in [4.69, 9.17) is 0 Å². The number of nitrogens with one attached hydrogen (secondary N) is 1. The van der Waals surface area contributed by atoms with Crippen molar-refractivity contribution in [2.24, 2.45) is 0 Å². The van der Waals surface area contributed by atoms with Gasteiger partial charge < -0.3 is 9.88 Å². The molecular weight excluding hydrogens is 360 g/mol. The molecule has 1 aromatic heterocycles. The molecule has 5 nitrogen and oxygen atoms in total. The number of rotatable bonds is 7. The van der Waals surface area contributed by atoms with E-state index in [0.29, 0.717) is 0 Å². The van der Waals surface area contributed by atoms with Gasteiger partial charge in [0.1, 0.15) is 0 Å². The SMILES string of the molecule is CC(=O)Nc1ccc2c(c1)ncn2CCCCN1CC=C(c2ccccc2)CC1. The first-order valence-corrected chi connectivity index (χ1v) is 10.4. The number of amides is 1. The standard InChI is InChI=1S/C24H28N4O/c1-19(29)26-22-9-10-24-23(17-22)25-18-28(24)14-6-5-13-27-15-11-21(12-16-27)20-7-3-2-4-8-20/h2-4,7-11,17-18H,5-6,12-16H2,1H3,(H,26,29). The molecule has 0 unspecified atom stereocenters. The van der Waals surface area contributed by atoms with Crippen molar-refractivity contribution in [1.29, 1.82) is 0 Å². The van der Waals surface area contributed by atoms with Crippen molar-refractivity contribution in [2.45, 2.75) is 32.7 Å². The Morgan fingerprint density at radius 3 is 2.69 bits per heavy atom. The zero-order valence-electron chi connectivity index (χ0n) is 17.0. The summed E-state index contributed by atoms with van der Waals surface area (Å²) in [5, 5.41) is 2.81. The minimum absolute atomic E-state index is 0.0628. The quantitative estimate of drug-likeness (QED) is 0.604. The zero-order chi connectivity index (χ0) is 20.1. The lowest BCUT2D eigenvalue weighted by Gasteiger charge is -2.26. The second-order valence-electron chi connectivity index (χ2n) is 7.68. The van der Waals surface area contributed by atoms with Gasteiger partial charge in [-0.15, -0.1) is 0 Å². The van der Waals surface area contributed by atoms with Gasteiger partial charge in [-0.05, 0) is 55.1 Å². The maximum Gasteiger partial charge on any atom is 0.221 e. The molecule has 0 fully saturated rings. The number of hydrogen-bond donors (Lipinski definition) is 1. The number of carbonyl (C=O) groups is 1. The molecule has 5 heteroatoms. The first kappa shape index (κ1) is 19.4. The van der Waals surface area contributed by atoms with Crippen LogP contribution in [-0.2, 0) is 11.3 Å². The minimum Gasteiger partial charge on any atom is -0.331 e. The van der Waals surface area contributed by atoms with Gasteiger partial charge in [0.05, 0.1) is 17.4 Å². The smallest absolute Gasteiger partial charge is 0.221 e. The molecule has 2 heterocycles. The first-order valence-electron chi connectivity index (χ1n) is 10.4. The Bertz CT molecular complexity index is 1010. The zero-order valence-corrected chi connectivity index (χ0v) is 17.0. The third kappa shape index (κ3) is 4.93. The number of aryl methyl sites for hydroxylation is 1. The summed E-state index contributed by atoms with van der Waals surface area (Å²) in [6.07, 6.45) is 7.72. The molecule has 1 aliphatic rings. The van der Waals surface area contributed by atoms with Crippen LogP contribution < -0.4 is 5.32 Å². The van der Waals surface area contributed by atoms with Gasteiger partial charge in [0, 0.05) is 32.2 Å². The molecule has 0 radical (unpaired) electrons. The fourth-order valence-electron chi connectivity index (χ4n) is 3.97. The second-order valence-corrected chi connectivity index (χ2v) is 7.68. The van der Waals surface area contributed by atoms with Crippen molar-refractivity contribution in [3.63, 3.8) is 0 Å². The van der Waals surface area contributed by atoms with Gasteiger partial charge in [-0.2, -0.15) is 0 Å². The summed E-state index contributed by atoms with van der Waals surface area (Å²) in [5.74, 6) is -0.0628. The average molecular weight is 389 g/mol. The molecule has 150 valence electrons. The Hall–Kier alpha value is -2.92. The highest BCUT2D eigenvalue weighted by molar-refractivity contribution is 5.91. The normalized spacial score (nSPS) is 14.7. The number of aromatic nitrogens is 2. The molecule has 0 spiro atoms. The van der Waals surface area contributed by atoms with Crippen molar-refractivity contribution in [2.75, 3.05) is 25.0 Å². The van der Waals surface area contributed by atoms with Crippen LogP contribution in [-0.4, -0.2) is 40.0 Å². The fraction of sp³-hybridized carbons (Fsp3) is 0.333. The number of nitrogens with zero attached hydrogens (tertiary/aromatic N) is 3. The molecule has 0 bridgehead atoms. The van der Waals surface area contributed by atoms with Crippen LogP contribution in [0.25, 0.3) is 16.6 Å². The van der Waals surface area contributed by atoms with Crippen LogP contribution in [0.2, 0.25) is 0 Å². The topological polar surface area (TPSA) is 50.2 Å². The van der Waals surface area contributed by atoms with Crippen LogP contribution in [0.1, 0.15) is 31.7 Å². The number of anilines is 1. The largest absolute Gasteiger partial charge is 0.331 e. The molecule has 0 atom stereocenters. The summed E-state index contributed by atoms with van der Waals surface area (Å²) in [6.45, 7) is 5.81. The number of benzene rings is 2. The van der Waals surface area contributed by atoms with Gasteiger partial charge in [-0.3, -0.25) is 9.69 Å². The number of imidazole rings is 1.